The standard InChI is InChI=1S/C27H27ClFN3O3S/c1-16-31-23(24(36-16)17-3-6-19(29)7-4-17)25(33)32-12-11-27(9-10-27)14-20(32)15-30-22-8-5-18(28)13-21(22)26(34)35-2/h3-8,13,20,30H,9-12,14-15H2,1-2H3. The Morgan fingerprint density at radius 2 is 1.97 bits per heavy atom. The van der Waals surface area contributed by atoms with Crippen LogP contribution in [0.4, 0.5) is 10.1 Å². The van der Waals surface area contributed by atoms with Crippen molar-refractivity contribution in [3.8, 4) is 10.4 Å². The molecule has 1 saturated heterocycles. The van der Waals surface area contributed by atoms with Crippen LogP contribution < -0.4 is 5.32 Å². The summed E-state index contributed by atoms with van der Waals surface area (Å²) >= 11 is 7.54. The number of hydrogen-bond acceptors (Lipinski definition) is 6. The molecule has 3 aromatic rings. The number of aromatic nitrogens is 1. The quantitative estimate of drug-likeness (QED) is 0.387. The molecular weight excluding hydrogens is 501 g/mol. The normalized spacial score (nSPS) is 18.2. The second-order valence-electron chi connectivity index (χ2n) is 9.59. The largest absolute Gasteiger partial charge is 0.465 e. The molecule has 1 aromatic heterocycles. The van der Waals surface area contributed by atoms with E-state index in [0.29, 0.717) is 40.5 Å². The lowest BCUT2D eigenvalue weighted by Crippen LogP contribution is -2.50. The number of amides is 1. The molecule has 2 aromatic carbocycles. The summed E-state index contributed by atoms with van der Waals surface area (Å²) in [4.78, 5) is 33.4. The summed E-state index contributed by atoms with van der Waals surface area (Å²) in [5.74, 6) is -0.916. The van der Waals surface area contributed by atoms with Gasteiger partial charge in [-0.05, 0) is 73.9 Å². The number of piperidine rings is 1. The fourth-order valence-electron chi connectivity index (χ4n) is 5.02. The van der Waals surface area contributed by atoms with Crippen molar-refractivity contribution in [3.63, 3.8) is 0 Å². The summed E-state index contributed by atoms with van der Waals surface area (Å²) in [6.07, 6.45) is 4.22. The Kier molecular flexibility index (Phi) is 6.74. The van der Waals surface area contributed by atoms with Gasteiger partial charge in [-0.25, -0.2) is 14.2 Å². The number of thiazole rings is 1. The summed E-state index contributed by atoms with van der Waals surface area (Å²) < 4.78 is 18.4. The van der Waals surface area contributed by atoms with Crippen molar-refractivity contribution < 1.29 is 18.7 Å². The first-order chi connectivity index (χ1) is 17.3. The number of anilines is 1. The molecule has 1 aliphatic heterocycles. The lowest BCUT2D eigenvalue weighted by atomic mass is 9.87. The van der Waals surface area contributed by atoms with E-state index in [1.807, 2.05) is 11.8 Å². The number of carbonyl (C=O) groups excluding carboxylic acids is 2. The average molecular weight is 528 g/mol. The van der Waals surface area contributed by atoms with Gasteiger partial charge in [0.25, 0.3) is 5.91 Å². The molecular formula is C27H27ClFN3O3S. The molecule has 9 heteroatoms. The highest BCUT2D eigenvalue weighted by atomic mass is 35.5. The van der Waals surface area contributed by atoms with Crippen LogP contribution in [0.5, 0.6) is 0 Å². The molecule has 1 unspecified atom stereocenters. The molecule has 0 bridgehead atoms. The van der Waals surface area contributed by atoms with Crippen molar-refractivity contribution >= 4 is 40.5 Å². The predicted octanol–water partition coefficient (Wildman–Crippen LogP) is 6.19. The minimum Gasteiger partial charge on any atom is -0.465 e. The fraction of sp³-hybridized carbons (Fsp3) is 0.370. The highest BCUT2D eigenvalue weighted by molar-refractivity contribution is 7.15. The Morgan fingerprint density at radius 1 is 1.22 bits per heavy atom. The van der Waals surface area contributed by atoms with Crippen LogP contribution in [0.1, 0.15) is 51.5 Å². The van der Waals surface area contributed by atoms with Gasteiger partial charge in [-0.1, -0.05) is 23.7 Å². The first-order valence-corrected chi connectivity index (χ1v) is 13.1. The molecule has 1 amide bonds. The SMILES string of the molecule is COC(=O)c1cc(Cl)ccc1NCC1CC2(CCN1C(=O)c1nc(C)sc1-c1ccc(F)cc1)CC2. The molecule has 1 saturated carbocycles. The van der Waals surface area contributed by atoms with E-state index in [4.69, 9.17) is 16.3 Å². The second kappa shape index (κ2) is 9.82. The van der Waals surface area contributed by atoms with Crippen molar-refractivity contribution in [3.05, 3.63) is 69.6 Å². The first kappa shape index (κ1) is 24.7. The molecule has 1 N–H and O–H groups in total. The highest BCUT2D eigenvalue weighted by Crippen LogP contribution is 2.55. The molecule has 2 aliphatic rings. The van der Waals surface area contributed by atoms with Crippen LogP contribution in [0.3, 0.4) is 0 Å². The Labute approximate surface area is 218 Å². The number of benzene rings is 2. The van der Waals surface area contributed by atoms with E-state index < -0.39 is 5.97 Å². The number of likely N-dealkylation sites (tertiary alicyclic amines) is 1. The predicted molar refractivity (Wildman–Crippen MR) is 139 cm³/mol. The zero-order chi connectivity index (χ0) is 25.4. The minimum atomic E-state index is -0.475. The van der Waals surface area contributed by atoms with Crippen molar-refractivity contribution in [2.75, 3.05) is 25.5 Å². The Bertz CT molecular complexity index is 1310. The number of ether oxygens (including phenoxy) is 1. The Hall–Kier alpha value is -2.97. The van der Waals surface area contributed by atoms with Crippen molar-refractivity contribution in [1.82, 2.24) is 9.88 Å². The second-order valence-corrected chi connectivity index (χ2v) is 11.2. The number of nitrogens with one attached hydrogen (secondary N) is 1. The van der Waals surface area contributed by atoms with E-state index in [2.05, 4.69) is 10.3 Å². The zero-order valence-corrected chi connectivity index (χ0v) is 21.7. The van der Waals surface area contributed by atoms with Crippen LogP contribution in [-0.2, 0) is 4.74 Å². The topological polar surface area (TPSA) is 71.5 Å². The third-order valence-electron chi connectivity index (χ3n) is 7.17. The summed E-state index contributed by atoms with van der Waals surface area (Å²) in [6.45, 7) is 3.00. The summed E-state index contributed by atoms with van der Waals surface area (Å²) in [7, 11) is 1.33. The van der Waals surface area contributed by atoms with Gasteiger partial charge >= 0.3 is 5.97 Å². The van der Waals surface area contributed by atoms with Gasteiger partial charge in [-0.3, -0.25) is 4.79 Å². The number of rotatable bonds is 6. The monoisotopic (exact) mass is 527 g/mol. The number of halogens is 2. The maximum Gasteiger partial charge on any atom is 0.340 e. The third-order valence-corrected chi connectivity index (χ3v) is 8.42. The van der Waals surface area contributed by atoms with Crippen LogP contribution in [0.2, 0.25) is 5.02 Å². The van der Waals surface area contributed by atoms with Gasteiger partial charge in [0.2, 0.25) is 0 Å². The maximum atomic E-state index is 13.9. The Morgan fingerprint density at radius 3 is 2.67 bits per heavy atom. The van der Waals surface area contributed by atoms with E-state index in [9.17, 15) is 14.0 Å². The highest BCUT2D eigenvalue weighted by Gasteiger charge is 2.49. The molecule has 0 radical (unpaired) electrons. The molecule has 1 aliphatic carbocycles. The van der Waals surface area contributed by atoms with Crippen molar-refractivity contribution in [2.24, 2.45) is 5.41 Å². The average Bonchev–Trinajstić information content (AvgIpc) is 3.51. The van der Waals surface area contributed by atoms with E-state index in [0.717, 1.165) is 28.3 Å². The lowest BCUT2D eigenvalue weighted by Gasteiger charge is -2.40. The van der Waals surface area contributed by atoms with Gasteiger partial charge in [0, 0.05) is 29.8 Å². The van der Waals surface area contributed by atoms with Crippen LogP contribution in [-0.4, -0.2) is 48.0 Å². The summed E-state index contributed by atoms with van der Waals surface area (Å²) in [5, 5.41) is 4.60. The van der Waals surface area contributed by atoms with Gasteiger partial charge in [0.05, 0.1) is 22.6 Å². The van der Waals surface area contributed by atoms with E-state index in [1.54, 1.807) is 30.3 Å². The van der Waals surface area contributed by atoms with Crippen LogP contribution in [0.15, 0.2) is 42.5 Å². The van der Waals surface area contributed by atoms with Crippen LogP contribution in [0, 0.1) is 18.2 Å². The van der Waals surface area contributed by atoms with Crippen LogP contribution in [0.25, 0.3) is 10.4 Å². The molecule has 36 heavy (non-hydrogen) atoms. The smallest absolute Gasteiger partial charge is 0.340 e. The zero-order valence-electron chi connectivity index (χ0n) is 20.1. The van der Waals surface area contributed by atoms with E-state index in [-0.39, 0.29) is 17.8 Å². The molecule has 188 valence electrons. The van der Waals surface area contributed by atoms with Gasteiger partial charge in [0.1, 0.15) is 11.5 Å². The van der Waals surface area contributed by atoms with Crippen molar-refractivity contribution in [2.45, 2.75) is 38.6 Å². The number of aryl methyl sites for hydroxylation is 1. The molecule has 5 rings (SSSR count). The summed E-state index contributed by atoms with van der Waals surface area (Å²) in [5.41, 5.74) is 2.45. The first-order valence-electron chi connectivity index (χ1n) is 11.9. The number of hydrogen-bond donors (Lipinski definition) is 1. The Balaban J connectivity index is 1.41. The lowest BCUT2D eigenvalue weighted by molar-refractivity contribution is 0.0538. The minimum absolute atomic E-state index is 0.0713. The van der Waals surface area contributed by atoms with E-state index >= 15 is 0 Å². The van der Waals surface area contributed by atoms with Gasteiger partial charge < -0.3 is 15.0 Å². The number of carbonyl (C=O) groups is 2. The summed E-state index contributed by atoms with van der Waals surface area (Å²) in [6, 6.07) is 11.1. The third kappa shape index (κ3) is 4.97. The van der Waals surface area contributed by atoms with E-state index in [1.165, 1.54) is 43.4 Å². The molecule has 6 nitrogen and oxygen atoms in total. The van der Waals surface area contributed by atoms with Crippen molar-refractivity contribution in [1.29, 1.82) is 0 Å². The molecule has 1 spiro atoms. The molecule has 2 heterocycles. The maximum absolute atomic E-state index is 13.9. The van der Waals surface area contributed by atoms with Gasteiger partial charge in [-0.2, -0.15) is 0 Å². The number of nitrogens with zero attached hydrogens (tertiary/aromatic N) is 2. The molecule has 2 fully saturated rings. The van der Waals surface area contributed by atoms with Gasteiger partial charge in [0.15, 0.2) is 0 Å². The molecule has 1 atom stereocenters. The van der Waals surface area contributed by atoms with Crippen LogP contribution >= 0.6 is 22.9 Å². The fourth-order valence-corrected chi connectivity index (χ4v) is 6.10. The van der Waals surface area contributed by atoms with Gasteiger partial charge in [-0.15, -0.1) is 11.3 Å². The number of methoxy groups -OCH3 is 1. The number of esters is 1.